The lowest BCUT2D eigenvalue weighted by Crippen LogP contribution is -2.45. The molecule has 2 amide bonds. The van der Waals surface area contributed by atoms with E-state index in [0.29, 0.717) is 6.54 Å². The highest BCUT2D eigenvalue weighted by Crippen LogP contribution is 1.99. The maximum atomic E-state index is 11.7. The minimum absolute atomic E-state index is 0.00975. The Labute approximate surface area is 96.8 Å². The molecule has 0 aromatic rings. The normalized spacial score (nSPS) is 10.2. The van der Waals surface area contributed by atoms with E-state index in [2.05, 4.69) is 5.32 Å². The summed E-state index contributed by atoms with van der Waals surface area (Å²) in [4.78, 5) is 23.7. The molecule has 0 bridgehead atoms. The number of amides is 2. The van der Waals surface area contributed by atoms with E-state index in [0.717, 1.165) is 12.8 Å². The molecule has 0 saturated carbocycles. The molecular formula is C11H22N2O3. The van der Waals surface area contributed by atoms with Gasteiger partial charge in [-0.2, -0.15) is 0 Å². The predicted octanol–water partition coefficient (Wildman–Crippen LogP) is 1.68. The summed E-state index contributed by atoms with van der Waals surface area (Å²) in [5.41, 5.74) is 0. The Balaban J connectivity index is 4.14. The minimum Gasteiger partial charge on any atom is -0.481 e. The first kappa shape index (κ1) is 14.7. The van der Waals surface area contributed by atoms with Gasteiger partial charge in [-0.15, -0.1) is 0 Å². The number of nitrogens with zero attached hydrogens (tertiary/aromatic N) is 1. The third kappa shape index (κ3) is 5.58. The Morgan fingerprint density at radius 2 is 1.81 bits per heavy atom. The third-order valence-electron chi connectivity index (χ3n) is 2.58. The fraction of sp³-hybridized carbons (Fsp3) is 0.818. The highest BCUT2D eigenvalue weighted by Gasteiger charge is 2.15. The van der Waals surface area contributed by atoms with Crippen molar-refractivity contribution in [3.05, 3.63) is 0 Å². The predicted molar refractivity (Wildman–Crippen MR) is 62.4 cm³/mol. The molecule has 0 unspecified atom stereocenters. The Morgan fingerprint density at radius 1 is 1.25 bits per heavy atom. The van der Waals surface area contributed by atoms with Gasteiger partial charge in [0.15, 0.2) is 0 Å². The minimum atomic E-state index is -0.881. The molecule has 0 rings (SSSR count). The van der Waals surface area contributed by atoms with Gasteiger partial charge in [0.2, 0.25) is 0 Å². The molecule has 0 atom stereocenters. The van der Waals surface area contributed by atoms with Crippen LogP contribution in [0.4, 0.5) is 4.79 Å². The monoisotopic (exact) mass is 230 g/mol. The maximum Gasteiger partial charge on any atom is 0.317 e. The van der Waals surface area contributed by atoms with Gasteiger partial charge < -0.3 is 15.3 Å². The van der Waals surface area contributed by atoms with Crippen molar-refractivity contribution in [1.82, 2.24) is 10.2 Å². The van der Waals surface area contributed by atoms with E-state index in [4.69, 9.17) is 5.11 Å². The van der Waals surface area contributed by atoms with Crippen molar-refractivity contribution in [2.24, 2.45) is 0 Å². The second kappa shape index (κ2) is 7.96. The number of rotatable bonds is 7. The second-order valence-corrected chi connectivity index (χ2v) is 3.69. The molecule has 0 aliphatic carbocycles. The van der Waals surface area contributed by atoms with Crippen LogP contribution in [-0.2, 0) is 4.79 Å². The fourth-order valence-corrected chi connectivity index (χ4v) is 1.39. The highest BCUT2D eigenvalue weighted by molar-refractivity contribution is 5.75. The van der Waals surface area contributed by atoms with Crippen molar-refractivity contribution in [2.75, 3.05) is 13.1 Å². The average molecular weight is 230 g/mol. The van der Waals surface area contributed by atoms with Gasteiger partial charge in [-0.1, -0.05) is 13.8 Å². The molecule has 0 aromatic heterocycles. The number of urea groups is 1. The quantitative estimate of drug-likeness (QED) is 0.699. The summed E-state index contributed by atoms with van der Waals surface area (Å²) in [6.45, 7) is 6.66. The van der Waals surface area contributed by atoms with Crippen LogP contribution in [0, 0.1) is 0 Å². The molecule has 0 fully saturated rings. The van der Waals surface area contributed by atoms with E-state index in [-0.39, 0.29) is 25.0 Å². The lowest BCUT2D eigenvalue weighted by molar-refractivity contribution is -0.137. The van der Waals surface area contributed by atoms with Crippen LogP contribution in [0.25, 0.3) is 0 Å². The van der Waals surface area contributed by atoms with E-state index in [1.165, 1.54) is 4.90 Å². The van der Waals surface area contributed by atoms with E-state index in [9.17, 15) is 9.59 Å². The zero-order valence-electron chi connectivity index (χ0n) is 10.3. The van der Waals surface area contributed by atoms with Crippen molar-refractivity contribution in [2.45, 2.75) is 46.1 Å². The fourth-order valence-electron chi connectivity index (χ4n) is 1.39. The zero-order valence-corrected chi connectivity index (χ0v) is 10.3. The second-order valence-electron chi connectivity index (χ2n) is 3.69. The molecular weight excluding hydrogens is 208 g/mol. The number of carbonyl (C=O) groups excluding carboxylic acids is 1. The smallest absolute Gasteiger partial charge is 0.317 e. The molecule has 16 heavy (non-hydrogen) atoms. The van der Waals surface area contributed by atoms with Crippen molar-refractivity contribution >= 4 is 12.0 Å². The Kier molecular flexibility index (Phi) is 7.33. The lowest BCUT2D eigenvalue weighted by atomic mass is 10.2. The summed E-state index contributed by atoms with van der Waals surface area (Å²) in [6.07, 6.45) is 1.77. The number of carbonyl (C=O) groups is 2. The van der Waals surface area contributed by atoms with Crippen molar-refractivity contribution < 1.29 is 14.7 Å². The van der Waals surface area contributed by atoms with Gasteiger partial charge in [0, 0.05) is 19.1 Å². The number of hydrogen-bond acceptors (Lipinski definition) is 2. The van der Waals surface area contributed by atoms with Gasteiger partial charge in [-0.05, 0) is 19.8 Å². The van der Waals surface area contributed by atoms with Gasteiger partial charge >= 0.3 is 12.0 Å². The molecule has 0 aromatic carbocycles. The SMILES string of the molecule is CCC(CC)NC(=O)N(CC)CCC(=O)O. The maximum absolute atomic E-state index is 11.7. The van der Waals surface area contributed by atoms with E-state index >= 15 is 0 Å². The van der Waals surface area contributed by atoms with Crippen LogP contribution in [0.15, 0.2) is 0 Å². The lowest BCUT2D eigenvalue weighted by Gasteiger charge is -2.24. The van der Waals surface area contributed by atoms with E-state index in [1.807, 2.05) is 20.8 Å². The van der Waals surface area contributed by atoms with Gasteiger partial charge in [-0.25, -0.2) is 4.79 Å². The van der Waals surface area contributed by atoms with Crippen LogP contribution in [0.5, 0.6) is 0 Å². The molecule has 0 aliphatic heterocycles. The van der Waals surface area contributed by atoms with Gasteiger partial charge in [-0.3, -0.25) is 4.79 Å². The molecule has 5 heteroatoms. The Bertz CT molecular complexity index is 227. The van der Waals surface area contributed by atoms with Crippen LogP contribution >= 0.6 is 0 Å². The molecule has 94 valence electrons. The summed E-state index contributed by atoms with van der Waals surface area (Å²) in [5.74, 6) is -0.881. The summed E-state index contributed by atoms with van der Waals surface area (Å²) < 4.78 is 0. The number of hydrogen-bond donors (Lipinski definition) is 2. The van der Waals surface area contributed by atoms with Crippen LogP contribution in [0.3, 0.4) is 0 Å². The average Bonchev–Trinajstić information content (AvgIpc) is 2.26. The number of carboxylic acids is 1. The summed E-state index contributed by atoms with van der Waals surface area (Å²) in [5, 5.41) is 11.4. The molecule has 0 saturated heterocycles. The van der Waals surface area contributed by atoms with E-state index < -0.39 is 5.97 Å². The summed E-state index contributed by atoms with van der Waals surface area (Å²) in [6, 6.07) is 0.00354. The third-order valence-corrected chi connectivity index (χ3v) is 2.58. The van der Waals surface area contributed by atoms with Crippen molar-refractivity contribution in [3.63, 3.8) is 0 Å². The molecule has 0 aliphatic rings. The first-order chi connectivity index (χ1) is 7.54. The number of carboxylic acid groups (broad SMARTS) is 1. The summed E-state index contributed by atoms with van der Waals surface area (Å²) >= 11 is 0. The molecule has 5 nitrogen and oxygen atoms in total. The van der Waals surface area contributed by atoms with Crippen molar-refractivity contribution in [1.29, 1.82) is 0 Å². The molecule has 0 heterocycles. The molecule has 0 radical (unpaired) electrons. The molecule has 2 N–H and O–H groups in total. The first-order valence-corrected chi connectivity index (χ1v) is 5.82. The van der Waals surface area contributed by atoms with Crippen LogP contribution in [0.2, 0.25) is 0 Å². The van der Waals surface area contributed by atoms with Crippen molar-refractivity contribution in [3.8, 4) is 0 Å². The number of aliphatic carboxylic acids is 1. The zero-order chi connectivity index (χ0) is 12.6. The standard InChI is InChI=1S/C11H22N2O3/c1-4-9(5-2)12-11(16)13(6-3)8-7-10(14)15/h9H,4-8H2,1-3H3,(H,12,16)(H,14,15). The Morgan fingerprint density at radius 3 is 2.19 bits per heavy atom. The van der Waals surface area contributed by atoms with E-state index in [1.54, 1.807) is 0 Å². The molecule has 0 spiro atoms. The van der Waals surface area contributed by atoms with Crippen LogP contribution in [-0.4, -0.2) is 41.1 Å². The van der Waals surface area contributed by atoms with Gasteiger partial charge in [0.05, 0.1) is 6.42 Å². The largest absolute Gasteiger partial charge is 0.481 e. The van der Waals surface area contributed by atoms with Crippen LogP contribution in [0.1, 0.15) is 40.0 Å². The highest BCUT2D eigenvalue weighted by atomic mass is 16.4. The van der Waals surface area contributed by atoms with Gasteiger partial charge in [0.1, 0.15) is 0 Å². The topological polar surface area (TPSA) is 69.6 Å². The number of nitrogens with one attached hydrogen (secondary N) is 1. The van der Waals surface area contributed by atoms with Gasteiger partial charge in [0.25, 0.3) is 0 Å². The Hall–Kier alpha value is -1.26. The van der Waals surface area contributed by atoms with Crippen LogP contribution < -0.4 is 5.32 Å². The summed E-state index contributed by atoms with van der Waals surface area (Å²) in [7, 11) is 0. The first-order valence-electron chi connectivity index (χ1n) is 5.82.